The molecule has 2 N–H and O–H groups in total. The van der Waals surface area contributed by atoms with Gasteiger partial charge in [-0.05, 0) is 42.6 Å². The molecule has 0 aliphatic heterocycles. The van der Waals surface area contributed by atoms with Crippen LogP contribution in [0.4, 0.5) is 5.82 Å². The van der Waals surface area contributed by atoms with Crippen molar-refractivity contribution in [1.82, 2.24) is 9.55 Å². The molecule has 2 heterocycles. The van der Waals surface area contributed by atoms with E-state index in [1.54, 1.807) is 20.3 Å². The number of benzene rings is 1. The zero-order chi connectivity index (χ0) is 25.2. The highest BCUT2D eigenvalue weighted by molar-refractivity contribution is 6.76. The van der Waals surface area contributed by atoms with Crippen LogP contribution in [-0.4, -0.2) is 56.1 Å². The molecule has 1 saturated carbocycles. The lowest BCUT2D eigenvalue weighted by molar-refractivity contribution is -0.117. The lowest BCUT2D eigenvalue weighted by Gasteiger charge is -2.15. The molecule has 0 bridgehead atoms. The van der Waals surface area contributed by atoms with Crippen molar-refractivity contribution in [2.45, 2.75) is 38.8 Å². The Kier molecular flexibility index (Phi) is 7.49. The maximum Gasteiger partial charge on any atom is 0.229 e. The Labute approximate surface area is 207 Å². The summed E-state index contributed by atoms with van der Waals surface area (Å²) in [5.74, 6) is 1.67. The van der Waals surface area contributed by atoms with Crippen LogP contribution in [0, 0.1) is 11.8 Å². The Morgan fingerprint density at radius 1 is 1.17 bits per heavy atom. The molecule has 2 aromatic heterocycles. The van der Waals surface area contributed by atoms with E-state index < -0.39 is 8.07 Å². The molecule has 2 atom stereocenters. The number of anilines is 1. The number of hydrogen-bond acceptors (Lipinski definition) is 6. The van der Waals surface area contributed by atoms with Crippen molar-refractivity contribution >= 4 is 30.8 Å². The number of aliphatic hydroxyl groups excluding tert-OH is 1. The van der Waals surface area contributed by atoms with Crippen LogP contribution in [0.3, 0.4) is 0 Å². The number of aliphatic hydroxyl groups is 1. The number of carbonyl (C=O) groups excluding carboxylic acids is 1. The van der Waals surface area contributed by atoms with Crippen LogP contribution in [0.2, 0.25) is 25.7 Å². The zero-order valence-electron chi connectivity index (χ0n) is 21.1. The summed E-state index contributed by atoms with van der Waals surface area (Å²) >= 11 is 0. The van der Waals surface area contributed by atoms with Crippen LogP contribution in [-0.2, 0) is 16.3 Å². The van der Waals surface area contributed by atoms with Gasteiger partial charge in [-0.25, -0.2) is 4.98 Å². The summed E-state index contributed by atoms with van der Waals surface area (Å²) < 4.78 is 19.3. The molecule has 3 aromatic rings. The first-order valence-electron chi connectivity index (χ1n) is 12.0. The molecule has 1 fully saturated rings. The molecule has 4 rings (SSSR count). The van der Waals surface area contributed by atoms with Gasteiger partial charge in [-0.2, -0.15) is 0 Å². The molecule has 0 spiro atoms. The predicted molar refractivity (Wildman–Crippen MR) is 140 cm³/mol. The van der Waals surface area contributed by atoms with E-state index in [2.05, 4.69) is 25.0 Å². The van der Waals surface area contributed by atoms with Gasteiger partial charge < -0.3 is 29.2 Å². The number of aromatic nitrogens is 2. The fraction of sp³-hybridized carbons (Fsp3) is 0.462. The van der Waals surface area contributed by atoms with Crippen LogP contribution in [0.5, 0.6) is 11.5 Å². The Morgan fingerprint density at radius 3 is 2.49 bits per heavy atom. The lowest BCUT2D eigenvalue weighted by Crippen LogP contribution is -2.22. The van der Waals surface area contributed by atoms with Crippen LogP contribution >= 0.6 is 0 Å². The average molecular weight is 498 g/mol. The van der Waals surface area contributed by atoms with E-state index in [4.69, 9.17) is 19.2 Å². The molecule has 1 aliphatic rings. The van der Waals surface area contributed by atoms with Crippen LogP contribution < -0.4 is 14.8 Å². The van der Waals surface area contributed by atoms with Gasteiger partial charge in [0.1, 0.15) is 29.7 Å². The second kappa shape index (κ2) is 10.4. The van der Waals surface area contributed by atoms with Crippen molar-refractivity contribution in [3.05, 3.63) is 36.5 Å². The second-order valence-electron chi connectivity index (χ2n) is 10.2. The third-order valence-corrected chi connectivity index (χ3v) is 8.10. The minimum atomic E-state index is -1.21. The summed E-state index contributed by atoms with van der Waals surface area (Å²) in [5, 5.41) is 13.1. The van der Waals surface area contributed by atoms with Crippen molar-refractivity contribution in [3.63, 3.8) is 0 Å². The summed E-state index contributed by atoms with van der Waals surface area (Å²) in [6.07, 6.45) is 2.71. The van der Waals surface area contributed by atoms with Gasteiger partial charge in [-0.1, -0.05) is 25.7 Å². The quantitative estimate of drug-likeness (QED) is 0.297. The number of amides is 1. The van der Waals surface area contributed by atoms with E-state index >= 15 is 0 Å². The third kappa shape index (κ3) is 5.69. The van der Waals surface area contributed by atoms with Crippen molar-refractivity contribution in [2.75, 3.05) is 32.8 Å². The minimum absolute atomic E-state index is 0.0340. The number of pyridine rings is 1. The third-order valence-electron chi connectivity index (χ3n) is 6.39. The predicted octanol–water partition coefficient (Wildman–Crippen LogP) is 4.60. The van der Waals surface area contributed by atoms with Crippen molar-refractivity contribution in [1.29, 1.82) is 0 Å². The summed E-state index contributed by atoms with van der Waals surface area (Å²) in [7, 11) is 2.07. The maximum absolute atomic E-state index is 12.5. The molecule has 1 amide bonds. The Balaban J connectivity index is 1.70. The van der Waals surface area contributed by atoms with Crippen molar-refractivity contribution < 1.29 is 24.1 Å². The van der Waals surface area contributed by atoms with Crippen molar-refractivity contribution in [3.8, 4) is 22.6 Å². The van der Waals surface area contributed by atoms with Gasteiger partial charge in [0.05, 0.1) is 19.8 Å². The van der Waals surface area contributed by atoms with Crippen molar-refractivity contribution in [2.24, 2.45) is 11.8 Å². The first kappa shape index (κ1) is 25.2. The second-order valence-corrected chi connectivity index (χ2v) is 15.9. The molecular weight excluding hydrogens is 462 g/mol. The molecular formula is C26H35N3O5Si. The van der Waals surface area contributed by atoms with Gasteiger partial charge in [0.25, 0.3) is 0 Å². The SMILES string of the molecule is COc1cccc(OC)c1-c1cn(COCC[Si](C)(C)C)c2nc(NC(=O)[C@@H]3C[C@H]3CO)ccc12. The number of fused-ring (bicyclic) bond motifs is 1. The van der Waals surface area contributed by atoms with Gasteiger partial charge >= 0.3 is 0 Å². The van der Waals surface area contributed by atoms with Crippen LogP contribution in [0.25, 0.3) is 22.2 Å². The molecule has 188 valence electrons. The highest BCUT2D eigenvalue weighted by Gasteiger charge is 2.42. The fourth-order valence-corrected chi connectivity index (χ4v) is 4.94. The van der Waals surface area contributed by atoms with Gasteiger partial charge in [0.2, 0.25) is 5.91 Å². The van der Waals surface area contributed by atoms with Gasteiger partial charge in [-0.15, -0.1) is 0 Å². The van der Waals surface area contributed by atoms with E-state index in [1.165, 1.54) is 0 Å². The molecule has 9 heteroatoms. The highest BCUT2D eigenvalue weighted by Crippen LogP contribution is 2.43. The van der Waals surface area contributed by atoms with E-state index in [1.807, 2.05) is 35.0 Å². The number of carbonyl (C=O) groups is 1. The minimum Gasteiger partial charge on any atom is -0.496 e. The number of nitrogens with one attached hydrogen (secondary N) is 1. The first-order chi connectivity index (χ1) is 16.8. The fourth-order valence-electron chi connectivity index (χ4n) is 4.18. The Hall–Kier alpha value is -2.88. The summed E-state index contributed by atoms with van der Waals surface area (Å²) in [6, 6.07) is 10.5. The summed E-state index contributed by atoms with van der Waals surface area (Å²) in [5.41, 5.74) is 2.45. The number of methoxy groups -OCH3 is 2. The van der Waals surface area contributed by atoms with Crippen LogP contribution in [0.1, 0.15) is 6.42 Å². The van der Waals surface area contributed by atoms with Gasteiger partial charge in [-0.3, -0.25) is 4.79 Å². The molecule has 1 aliphatic carbocycles. The average Bonchev–Trinajstić information content (AvgIpc) is 3.55. The first-order valence-corrected chi connectivity index (χ1v) is 15.7. The zero-order valence-corrected chi connectivity index (χ0v) is 22.1. The standard InChI is InChI=1S/C26H35N3O5Si/c1-32-21-7-6-8-22(33-2)24(21)20-14-29(16-34-11-12-35(3,4)5)25-18(20)9-10-23(27-25)28-26(31)19-13-17(19)15-30/h6-10,14,17,19,30H,11-13,15-16H2,1-5H3,(H,27,28,31)/t17-,19+/m0/s1. The Morgan fingerprint density at radius 2 is 1.89 bits per heavy atom. The van der Waals surface area contributed by atoms with E-state index in [0.717, 1.165) is 22.6 Å². The van der Waals surface area contributed by atoms with E-state index in [9.17, 15) is 9.90 Å². The van der Waals surface area contributed by atoms with Gasteiger partial charge in [0.15, 0.2) is 0 Å². The Bertz CT molecular complexity index is 1180. The number of nitrogens with zero attached hydrogens (tertiary/aromatic N) is 2. The highest BCUT2D eigenvalue weighted by atomic mass is 28.3. The molecule has 35 heavy (non-hydrogen) atoms. The topological polar surface area (TPSA) is 94.8 Å². The number of hydrogen-bond donors (Lipinski definition) is 2. The van der Waals surface area contributed by atoms with Gasteiger partial charge in [0, 0.05) is 44.4 Å². The monoisotopic (exact) mass is 497 g/mol. The lowest BCUT2D eigenvalue weighted by atomic mass is 10.0. The molecule has 0 radical (unpaired) electrons. The molecule has 0 saturated heterocycles. The number of ether oxygens (including phenoxy) is 3. The smallest absolute Gasteiger partial charge is 0.229 e. The molecule has 8 nitrogen and oxygen atoms in total. The largest absolute Gasteiger partial charge is 0.496 e. The van der Waals surface area contributed by atoms with Crippen LogP contribution in [0.15, 0.2) is 36.5 Å². The number of rotatable bonds is 11. The summed E-state index contributed by atoms with van der Waals surface area (Å²) in [6.45, 7) is 8.04. The maximum atomic E-state index is 12.5. The molecule has 1 aromatic carbocycles. The molecule has 0 unspecified atom stereocenters. The normalized spacial score (nSPS) is 17.4. The van der Waals surface area contributed by atoms with E-state index in [0.29, 0.717) is 42.7 Å². The van der Waals surface area contributed by atoms with E-state index in [-0.39, 0.29) is 24.3 Å². The summed E-state index contributed by atoms with van der Waals surface area (Å²) in [4.78, 5) is 17.3.